The topological polar surface area (TPSA) is 234 Å². The van der Waals surface area contributed by atoms with Crippen LogP contribution < -0.4 is 21.3 Å². The van der Waals surface area contributed by atoms with Crippen molar-refractivity contribution in [3.8, 4) is 11.9 Å². The van der Waals surface area contributed by atoms with Gasteiger partial charge in [0.2, 0.25) is 29.9 Å². The van der Waals surface area contributed by atoms with E-state index in [1.165, 1.54) is 24.0 Å². The smallest absolute Gasteiger partial charge is 0.326 e. The van der Waals surface area contributed by atoms with Crippen molar-refractivity contribution in [3.63, 3.8) is 0 Å². The van der Waals surface area contributed by atoms with Gasteiger partial charge in [-0.15, -0.1) is 4.99 Å². The number of carbonyl (C=O) groups excluding carboxylic acids is 3. The van der Waals surface area contributed by atoms with Gasteiger partial charge in [0, 0.05) is 31.3 Å². The van der Waals surface area contributed by atoms with E-state index in [0.717, 1.165) is 0 Å². The second kappa shape index (κ2) is 16.3. The molecule has 0 radical (unpaired) electrons. The predicted octanol–water partition coefficient (Wildman–Crippen LogP) is 3.29. The molecule has 256 valence electrons. The molecule has 0 spiro atoms. The van der Waals surface area contributed by atoms with E-state index in [9.17, 15) is 39.3 Å². The number of hydrogen-bond donors (Lipinski definition) is 7. The first-order chi connectivity index (χ1) is 22.6. The molecule has 0 saturated heterocycles. The first-order valence-electron chi connectivity index (χ1n) is 15.3. The van der Waals surface area contributed by atoms with Gasteiger partial charge >= 0.3 is 11.9 Å². The van der Waals surface area contributed by atoms with E-state index in [0.29, 0.717) is 22.5 Å². The highest BCUT2D eigenvalue weighted by Crippen LogP contribution is 2.36. The standard InChI is InChI=1S/C33H41N7O8/c1-19(41)40-17-20-15-22(37-32(35-18-34)36-21-9-12-23(42)13-10-21)11-14-24(20)28(40)29(44)39-26(31(47)48)8-6-5-7-25(30(45)46)38-27(43)16-33(2,3)4/h9-15,25-26,28,42H,5-8,16-17H2,1-4H3,(H,38,43)(H,39,44)(H,45,46)(H,47,48)(H2,35,36,37). The summed E-state index contributed by atoms with van der Waals surface area (Å²) >= 11 is 0. The molecule has 15 nitrogen and oxygen atoms in total. The van der Waals surface area contributed by atoms with Crippen LogP contribution in [-0.2, 0) is 30.5 Å². The van der Waals surface area contributed by atoms with E-state index in [4.69, 9.17) is 5.26 Å². The van der Waals surface area contributed by atoms with Crippen molar-refractivity contribution in [2.45, 2.75) is 84.5 Å². The first-order valence-corrected chi connectivity index (χ1v) is 15.3. The molecule has 0 bridgehead atoms. The van der Waals surface area contributed by atoms with Crippen LogP contribution in [0.25, 0.3) is 0 Å². The van der Waals surface area contributed by atoms with Crippen molar-refractivity contribution in [2.24, 2.45) is 10.4 Å². The quantitative estimate of drug-likeness (QED) is 0.0540. The van der Waals surface area contributed by atoms with Crippen LogP contribution in [0.3, 0.4) is 0 Å². The van der Waals surface area contributed by atoms with E-state index in [1.807, 2.05) is 20.8 Å². The average Bonchev–Trinajstić information content (AvgIpc) is 3.37. The lowest BCUT2D eigenvalue weighted by Gasteiger charge is -2.25. The van der Waals surface area contributed by atoms with Crippen LogP contribution >= 0.6 is 0 Å². The number of phenolic OH excluding ortho intramolecular Hbond substituents is 1. The zero-order valence-electron chi connectivity index (χ0n) is 27.2. The normalized spacial score (nSPS) is 15.4. The summed E-state index contributed by atoms with van der Waals surface area (Å²) in [5.41, 5.74) is 1.85. The Balaban J connectivity index is 1.67. The van der Waals surface area contributed by atoms with Gasteiger partial charge in [0.1, 0.15) is 23.9 Å². The summed E-state index contributed by atoms with van der Waals surface area (Å²) in [6.07, 6.45) is 2.48. The number of guanidine groups is 1. The lowest BCUT2D eigenvalue weighted by molar-refractivity contribution is -0.144. The number of aliphatic imine (C=N–C) groups is 1. The molecule has 48 heavy (non-hydrogen) atoms. The Morgan fingerprint density at radius 1 is 0.938 bits per heavy atom. The van der Waals surface area contributed by atoms with Crippen LogP contribution in [0.2, 0.25) is 0 Å². The van der Waals surface area contributed by atoms with Crippen LogP contribution in [0.1, 0.15) is 77.0 Å². The number of amides is 3. The SMILES string of the molecule is CC(=O)N1Cc2cc(NC(=NC#N)Nc3ccc(O)cc3)ccc2C1C(=O)NC(CCCCC(NC(=O)CC(C)(C)C)C(=O)O)C(=O)O. The molecule has 15 heteroatoms. The molecule has 3 rings (SSSR count). The number of hydrogen-bond acceptors (Lipinski definition) is 8. The number of nitrogens with zero attached hydrogens (tertiary/aromatic N) is 3. The van der Waals surface area contributed by atoms with Crippen LogP contribution in [0.4, 0.5) is 11.4 Å². The minimum atomic E-state index is -1.30. The van der Waals surface area contributed by atoms with E-state index in [-0.39, 0.29) is 61.7 Å². The summed E-state index contributed by atoms with van der Waals surface area (Å²) in [4.78, 5) is 67.1. The zero-order valence-corrected chi connectivity index (χ0v) is 27.2. The van der Waals surface area contributed by atoms with Gasteiger partial charge in [0.25, 0.3) is 0 Å². The number of nitrogens with one attached hydrogen (secondary N) is 4. The van der Waals surface area contributed by atoms with E-state index in [2.05, 4.69) is 26.3 Å². The lowest BCUT2D eigenvalue weighted by atomic mass is 9.91. The van der Waals surface area contributed by atoms with Gasteiger partial charge in [-0.3, -0.25) is 14.4 Å². The molecule has 2 aromatic rings. The minimum absolute atomic E-state index is 0.000885. The summed E-state index contributed by atoms with van der Waals surface area (Å²) < 4.78 is 0. The number of aromatic hydroxyl groups is 1. The predicted molar refractivity (Wildman–Crippen MR) is 175 cm³/mol. The van der Waals surface area contributed by atoms with Gasteiger partial charge in [-0.05, 0) is 65.8 Å². The molecule has 3 amide bonds. The van der Waals surface area contributed by atoms with Crippen molar-refractivity contribution < 1.29 is 39.3 Å². The number of anilines is 2. The number of unbranched alkanes of at least 4 members (excludes halogenated alkanes) is 1. The van der Waals surface area contributed by atoms with Gasteiger partial charge in [-0.1, -0.05) is 39.7 Å². The van der Waals surface area contributed by atoms with Crippen LogP contribution in [0, 0.1) is 16.9 Å². The molecule has 1 aliphatic rings. The summed E-state index contributed by atoms with van der Waals surface area (Å²) in [5.74, 6) is -3.79. The third kappa shape index (κ3) is 10.7. The summed E-state index contributed by atoms with van der Waals surface area (Å²) in [6, 6.07) is 7.54. The number of carboxylic acids is 2. The van der Waals surface area contributed by atoms with Gasteiger partial charge < -0.3 is 41.5 Å². The number of phenols is 1. The Bertz CT molecular complexity index is 1590. The van der Waals surface area contributed by atoms with Crippen molar-refractivity contribution in [3.05, 3.63) is 53.6 Å². The Kier molecular flexibility index (Phi) is 12.5. The average molecular weight is 664 g/mol. The third-order valence-corrected chi connectivity index (χ3v) is 7.47. The van der Waals surface area contributed by atoms with E-state index in [1.54, 1.807) is 36.5 Å². The Labute approximate surface area is 278 Å². The second-order valence-electron chi connectivity index (χ2n) is 12.7. The fourth-order valence-electron chi connectivity index (χ4n) is 5.25. The highest BCUT2D eigenvalue weighted by molar-refractivity contribution is 6.04. The Morgan fingerprint density at radius 3 is 2.04 bits per heavy atom. The molecule has 3 atom stereocenters. The number of carboxylic acid groups (broad SMARTS) is 2. The van der Waals surface area contributed by atoms with Gasteiger partial charge in [-0.2, -0.15) is 5.26 Å². The van der Waals surface area contributed by atoms with E-state index >= 15 is 0 Å². The zero-order chi connectivity index (χ0) is 35.6. The molecule has 2 aromatic carbocycles. The Hall–Kier alpha value is -5.65. The number of carbonyl (C=O) groups is 5. The van der Waals surface area contributed by atoms with Gasteiger partial charge in [0.05, 0.1) is 0 Å². The van der Waals surface area contributed by atoms with Crippen LogP contribution in [0.5, 0.6) is 5.75 Å². The fraction of sp³-hybridized carbons (Fsp3) is 0.424. The molecule has 0 aromatic heterocycles. The maximum atomic E-state index is 13.5. The largest absolute Gasteiger partial charge is 0.508 e. The van der Waals surface area contributed by atoms with Crippen molar-refractivity contribution in [1.29, 1.82) is 5.26 Å². The fourth-order valence-corrected chi connectivity index (χ4v) is 5.25. The molecular formula is C33H41N7O8. The molecule has 1 aliphatic heterocycles. The molecule has 0 fully saturated rings. The third-order valence-electron chi connectivity index (χ3n) is 7.47. The minimum Gasteiger partial charge on any atom is -0.508 e. The molecule has 0 saturated carbocycles. The number of rotatable bonds is 13. The van der Waals surface area contributed by atoms with E-state index < -0.39 is 41.9 Å². The summed E-state index contributed by atoms with van der Waals surface area (Å²) in [5, 5.41) is 49.0. The van der Waals surface area contributed by atoms with Crippen molar-refractivity contribution >= 4 is 47.0 Å². The van der Waals surface area contributed by atoms with Gasteiger partial charge in [0.15, 0.2) is 0 Å². The maximum absolute atomic E-state index is 13.5. The number of fused-ring (bicyclic) bond motifs is 1. The number of benzene rings is 2. The highest BCUT2D eigenvalue weighted by Gasteiger charge is 2.38. The summed E-state index contributed by atoms with van der Waals surface area (Å²) in [7, 11) is 0. The number of nitriles is 1. The van der Waals surface area contributed by atoms with Crippen LogP contribution in [-0.4, -0.2) is 67.9 Å². The van der Waals surface area contributed by atoms with Crippen molar-refractivity contribution in [2.75, 3.05) is 10.6 Å². The van der Waals surface area contributed by atoms with Gasteiger partial charge in [-0.25, -0.2) is 9.59 Å². The molecule has 3 unspecified atom stereocenters. The highest BCUT2D eigenvalue weighted by atomic mass is 16.4. The second-order valence-corrected chi connectivity index (χ2v) is 12.7. The number of aliphatic carboxylic acids is 2. The van der Waals surface area contributed by atoms with Crippen molar-refractivity contribution in [1.82, 2.24) is 15.5 Å². The molecule has 7 N–H and O–H groups in total. The lowest BCUT2D eigenvalue weighted by Crippen LogP contribution is -2.46. The molecule has 0 aliphatic carbocycles. The maximum Gasteiger partial charge on any atom is 0.326 e. The first kappa shape index (κ1) is 36.8. The Morgan fingerprint density at radius 2 is 1.50 bits per heavy atom. The van der Waals surface area contributed by atoms with Crippen LogP contribution in [0.15, 0.2) is 47.5 Å². The molecular weight excluding hydrogens is 622 g/mol. The summed E-state index contributed by atoms with van der Waals surface area (Å²) in [6.45, 7) is 6.96. The molecule has 1 heterocycles. The monoisotopic (exact) mass is 663 g/mol.